The number of hydrogen-bond donors (Lipinski definition) is 1. The van der Waals surface area contributed by atoms with Crippen molar-refractivity contribution in [3.63, 3.8) is 0 Å². The second-order valence-electron chi connectivity index (χ2n) is 7.78. The zero-order valence-corrected chi connectivity index (χ0v) is 18.6. The number of para-hydroxylation sites is 1. The third-order valence-corrected chi connectivity index (χ3v) is 5.33. The average Bonchev–Trinajstić information content (AvgIpc) is 2.90. The average molecular weight is 463 g/mol. The summed E-state index contributed by atoms with van der Waals surface area (Å²) in [6, 6.07) is 31.4. The Hall–Kier alpha value is -4.84. The van der Waals surface area contributed by atoms with Gasteiger partial charge in [-0.05, 0) is 47.5 Å². The Morgan fingerprint density at radius 3 is 2.17 bits per heavy atom. The van der Waals surface area contributed by atoms with Gasteiger partial charge in [0.2, 0.25) is 11.2 Å². The second kappa shape index (κ2) is 9.97. The SMILES string of the molecule is O=C(COc1ccc2c(=O)c(Oc3ccc(-c4ccccc4)cc3)coc2c1)Nc1ccccc1. The van der Waals surface area contributed by atoms with E-state index in [0.29, 0.717) is 28.2 Å². The van der Waals surface area contributed by atoms with Crippen molar-refractivity contribution in [1.29, 1.82) is 0 Å². The molecule has 1 heterocycles. The van der Waals surface area contributed by atoms with Gasteiger partial charge in [0, 0.05) is 11.8 Å². The minimum absolute atomic E-state index is 0.0841. The fraction of sp³-hybridized carbons (Fsp3) is 0.0345. The summed E-state index contributed by atoms with van der Waals surface area (Å²) in [7, 11) is 0. The van der Waals surface area contributed by atoms with Crippen LogP contribution in [0.1, 0.15) is 0 Å². The van der Waals surface area contributed by atoms with E-state index in [0.717, 1.165) is 11.1 Å². The van der Waals surface area contributed by atoms with Crippen molar-refractivity contribution in [2.75, 3.05) is 11.9 Å². The largest absolute Gasteiger partial charge is 0.484 e. The van der Waals surface area contributed by atoms with Crippen molar-refractivity contribution in [2.45, 2.75) is 0 Å². The van der Waals surface area contributed by atoms with Crippen LogP contribution in [0.3, 0.4) is 0 Å². The van der Waals surface area contributed by atoms with Crippen LogP contribution in [0.2, 0.25) is 0 Å². The van der Waals surface area contributed by atoms with Crippen molar-refractivity contribution < 1.29 is 18.7 Å². The Morgan fingerprint density at radius 2 is 1.43 bits per heavy atom. The zero-order chi connectivity index (χ0) is 24.0. The fourth-order valence-corrected chi connectivity index (χ4v) is 3.59. The lowest BCUT2D eigenvalue weighted by molar-refractivity contribution is -0.118. The summed E-state index contributed by atoms with van der Waals surface area (Å²) in [6.45, 7) is -0.176. The number of benzene rings is 4. The minimum atomic E-state index is -0.299. The van der Waals surface area contributed by atoms with Gasteiger partial charge in [-0.3, -0.25) is 9.59 Å². The van der Waals surface area contributed by atoms with Gasteiger partial charge in [0.1, 0.15) is 23.3 Å². The van der Waals surface area contributed by atoms with E-state index in [4.69, 9.17) is 13.9 Å². The third-order valence-electron chi connectivity index (χ3n) is 5.33. The topological polar surface area (TPSA) is 77.8 Å². The summed E-state index contributed by atoms with van der Waals surface area (Å²) in [5.74, 6) is 0.732. The van der Waals surface area contributed by atoms with Crippen LogP contribution in [0.15, 0.2) is 119 Å². The van der Waals surface area contributed by atoms with Gasteiger partial charge in [-0.15, -0.1) is 0 Å². The molecule has 1 amide bonds. The van der Waals surface area contributed by atoms with E-state index >= 15 is 0 Å². The van der Waals surface area contributed by atoms with Gasteiger partial charge >= 0.3 is 0 Å². The summed E-state index contributed by atoms with van der Waals surface area (Å²) >= 11 is 0. The molecule has 1 N–H and O–H groups in total. The lowest BCUT2D eigenvalue weighted by Gasteiger charge is -2.09. The number of anilines is 1. The molecule has 5 aromatic rings. The smallest absolute Gasteiger partial charge is 0.262 e. The normalized spacial score (nSPS) is 10.6. The Kier molecular flexibility index (Phi) is 6.26. The molecule has 0 bridgehead atoms. The second-order valence-corrected chi connectivity index (χ2v) is 7.78. The van der Waals surface area contributed by atoms with E-state index in [9.17, 15) is 9.59 Å². The van der Waals surface area contributed by atoms with Gasteiger partial charge in [-0.1, -0.05) is 60.7 Å². The Labute approximate surface area is 201 Å². The summed E-state index contributed by atoms with van der Waals surface area (Å²) in [4.78, 5) is 25.0. The number of carbonyl (C=O) groups excluding carboxylic acids is 1. The van der Waals surface area contributed by atoms with Crippen molar-refractivity contribution >= 4 is 22.6 Å². The molecule has 0 saturated heterocycles. The Bertz CT molecular complexity index is 1510. The zero-order valence-electron chi connectivity index (χ0n) is 18.6. The maximum absolute atomic E-state index is 12.9. The molecule has 0 atom stereocenters. The van der Waals surface area contributed by atoms with E-state index in [2.05, 4.69) is 5.32 Å². The molecule has 6 heteroatoms. The number of amides is 1. The highest BCUT2D eigenvalue weighted by molar-refractivity contribution is 5.91. The van der Waals surface area contributed by atoms with Crippen LogP contribution < -0.4 is 20.2 Å². The number of fused-ring (bicyclic) bond motifs is 1. The van der Waals surface area contributed by atoms with Crippen molar-refractivity contribution in [3.05, 3.63) is 120 Å². The Morgan fingerprint density at radius 1 is 0.771 bits per heavy atom. The highest BCUT2D eigenvalue weighted by atomic mass is 16.5. The minimum Gasteiger partial charge on any atom is -0.484 e. The molecule has 0 aliphatic heterocycles. The molecule has 0 radical (unpaired) electrons. The van der Waals surface area contributed by atoms with Gasteiger partial charge in [-0.25, -0.2) is 0 Å². The number of hydrogen-bond acceptors (Lipinski definition) is 5. The van der Waals surface area contributed by atoms with Crippen LogP contribution in [0.25, 0.3) is 22.1 Å². The first-order chi connectivity index (χ1) is 17.2. The van der Waals surface area contributed by atoms with Crippen LogP contribution in [0, 0.1) is 0 Å². The first-order valence-corrected chi connectivity index (χ1v) is 11.0. The number of carbonyl (C=O) groups is 1. The van der Waals surface area contributed by atoms with Gasteiger partial charge in [0.05, 0.1) is 5.39 Å². The van der Waals surface area contributed by atoms with Crippen LogP contribution in [-0.2, 0) is 4.79 Å². The molecule has 5 rings (SSSR count). The van der Waals surface area contributed by atoms with E-state index < -0.39 is 0 Å². The molecule has 4 aromatic carbocycles. The van der Waals surface area contributed by atoms with Crippen molar-refractivity contribution in [2.24, 2.45) is 0 Å². The van der Waals surface area contributed by atoms with Gasteiger partial charge in [0.15, 0.2) is 6.61 Å². The molecule has 0 aliphatic carbocycles. The molecule has 172 valence electrons. The summed E-state index contributed by atoms with van der Waals surface area (Å²) < 4.78 is 17.0. The predicted octanol–water partition coefficient (Wildman–Crippen LogP) is 6.27. The molecule has 0 spiro atoms. The highest BCUT2D eigenvalue weighted by Crippen LogP contribution is 2.26. The van der Waals surface area contributed by atoms with Crippen LogP contribution in [-0.4, -0.2) is 12.5 Å². The van der Waals surface area contributed by atoms with Gasteiger partial charge < -0.3 is 19.2 Å². The maximum atomic E-state index is 12.9. The predicted molar refractivity (Wildman–Crippen MR) is 135 cm³/mol. The first kappa shape index (κ1) is 22.0. The first-order valence-electron chi connectivity index (χ1n) is 11.0. The molecule has 0 fully saturated rings. The number of rotatable bonds is 7. The lowest BCUT2D eigenvalue weighted by Crippen LogP contribution is -2.20. The molecule has 35 heavy (non-hydrogen) atoms. The summed E-state index contributed by atoms with van der Waals surface area (Å²) in [5.41, 5.74) is 2.87. The van der Waals surface area contributed by atoms with Crippen LogP contribution in [0.4, 0.5) is 5.69 Å². The quantitative estimate of drug-likeness (QED) is 0.308. The number of nitrogens with one attached hydrogen (secondary N) is 1. The van der Waals surface area contributed by atoms with E-state index in [-0.39, 0.29) is 23.7 Å². The van der Waals surface area contributed by atoms with Gasteiger partial charge in [0.25, 0.3) is 5.91 Å². The monoisotopic (exact) mass is 463 g/mol. The van der Waals surface area contributed by atoms with E-state index in [1.54, 1.807) is 30.3 Å². The third kappa shape index (κ3) is 5.23. The molecule has 0 saturated carbocycles. The summed E-state index contributed by atoms with van der Waals surface area (Å²) in [6.07, 6.45) is 1.28. The van der Waals surface area contributed by atoms with Gasteiger partial charge in [-0.2, -0.15) is 0 Å². The molecular weight excluding hydrogens is 442 g/mol. The summed E-state index contributed by atoms with van der Waals surface area (Å²) in [5, 5.41) is 3.10. The molecule has 0 aliphatic rings. The van der Waals surface area contributed by atoms with E-state index in [1.807, 2.05) is 72.8 Å². The van der Waals surface area contributed by atoms with Crippen LogP contribution >= 0.6 is 0 Å². The van der Waals surface area contributed by atoms with Crippen LogP contribution in [0.5, 0.6) is 17.2 Å². The van der Waals surface area contributed by atoms with Crippen molar-refractivity contribution in [3.8, 4) is 28.4 Å². The maximum Gasteiger partial charge on any atom is 0.262 e. The molecular formula is C29H21NO5. The standard InChI is InChI=1S/C29H21NO5/c31-28(30-22-9-5-2-6-10-22)19-33-24-15-16-25-26(17-24)34-18-27(29(25)32)35-23-13-11-21(12-14-23)20-7-3-1-4-8-20/h1-18H,19H2,(H,30,31). The Balaban J connectivity index is 1.26. The molecule has 6 nitrogen and oxygen atoms in total. The van der Waals surface area contributed by atoms with Crippen molar-refractivity contribution in [1.82, 2.24) is 0 Å². The van der Waals surface area contributed by atoms with E-state index in [1.165, 1.54) is 6.26 Å². The fourth-order valence-electron chi connectivity index (χ4n) is 3.59. The molecule has 0 unspecified atom stereocenters. The lowest BCUT2D eigenvalue weighted by atomic mass is 10.1. The molecule has 1 aromatic heterocycles. The highest BCUT2D eigenvalue weighted by Gasteiger charge is 2.11. The number of ether oxygens (including phenoxy) is 2.